The van der Waals surface area contributed by atoms with E-state index in [1.807, 2.05) is 25.1 Å². The Morgan fingerprint density at radius 2 is 1.81 bits per heavy atom. The normalized spacial score (nSPS) is 17.1. The van der Waals surface area contributed by atoms with Crippen molar-refractivity contribution in [2.24, 2.45) is 0 Å². The molecule has 4 atom stereocenters. The van der Waals surface area contributed by atoms with E-state index in [0.717, 1.165) is 23.9 Å². The van der Waals surface area contributed by atoms with Crippen LogP contribution in [0.5, 0.6) is 0 Å². The molecule has 6 rings (SSSR count). The lowest BCUT2D eigenvalue weighted by molar-refractivity contribution is -0.696. The molecule has 1 aliphatic heterocycles. The zero-order chi connectivity index (χ0) is 49.4. The van der Waals surface area contributed by atoms with Crippen LogP contribution in [0.15, 0.2) is 69.0 Å². The fourth-order valence-electron chi connectivity index (χ4n) is 7.29. The third-order valence-electron chi connectivity index (χ3n) is 10.3. The third kappa shape index (κ3) is 15.0. The quantitative estimate of drug-likeness (QED) is 0.0131. The molecule has 68 heavy (non-hydrogen) atoms. The molecule has 1 amide bonds. The number of pyridine rings is 1. The minimum Gasteiger partial charge on any atom is -0.748 e. The number of amides is 1. The number of carbonyl (C=O) groups is 1. The molecule has 368 valence electrons. The van der Waals surface area contributed by atoms with E-state index in [1.54, 1.807) is 35.2 Å². The molecule has 1 saturated heterocycles. The van der Waals surface area contributed by atoms with Crippen molar-refractivity contribution >= 4 is 73.1 Å². The average molecular weight is 1030 g/mol. The number of nitrogens with zero attached hydrogens (tertiary/aromatic N) is 4. The minimum absolute atomic E-state index is 0.0385. The van der Waals surface area contributed by atoms with Gasteiger partial charge in [-0.25, -0.2) is 31.5 Å². The van der Waals surface area contributed by atoms with Crippen LogP contribution >= 0.6 is 23.5 Å². The summed E-state index contributed by atoms with van der Waals surface area (Å²) in [6, 6.07) is 10.8. The summed E-state index contributed by atoms with van der Waals surface area (Å²) in [6.07, 6.45) is 6.20. The topological polar surface area (TPSA) is 369 Å². The fraction of sp³-hybridized carbons (Fsp3) is 0.410. The molecule has 0 aliphatic carbocycles. The number of hydrogen-bond acceptors (Lipinski definition) is 17. The number of H-pyrrole nitrogens is 1. The molecule has 2 unspecified atom stereocenters. The minimum atomic E-state index is -5.70. The number of hydrogen-bond donors (Lipinski definition) is 7. The van der Waals surface area contributed by atoms with Gasteiger partial charge in [-0.3, -0.25) is 19.1 Å². The summed E-state index contributed by atoms with van der Waals surface area (Å²) in [5, 5.41) is 3.55. The lowest BCUT2D eigenvalue weighted by Crippen LogP contribution is -2.33. The van der Waals surface area contributed by atoms with E-state index in [9.17, 15) is 50.8 Å². The number of rotatable bonds is 22. The second kappa shape index (κ2) is 22.1. The number of anilines is 2. The molecule has 5 aromatic rings. The number of nitrogen functional groups attached to an aromatic ring is 1. The second-order valence-corrected chi connectivity index (χ2v) is 21.3. The predicted octanol–water partition coefficient (Wildman–Crippen LogP) is 2.88. The monoisotopic (exact) mass is 1030 g/mol. The molecule has 0 bridgehead atoms. The van der Waals surface area contributed by atoms with Gasteiger partial charge >= 0.3 is 29.1 Å². The van der Waals surface area contributed by atoms with Gasteiger partial charge in [-0.15, -0.1) is 0 Å². The van der Waals surface area contributed by atoms with Crippen LogP contribution in [0.4, 0.5) is 11.6 Å². The number of nitrogens with two attached hydrogens (primary N) is 1. The van der Waals surface area contributed by atoms with Gasteiger partial charge < -0.3 is 53.8 Å². The van der Waals surface area contributed by atoms with Gasteiger partial charge in [-0.05, 0) is 50.8 Å². The summed E-state index contributed by atoms with van der Waals surface area (Å²) in [5.41, 5.74) is 7.31. The smallest absolute Gasteiger partial charge is 0.490 e. The molecule has 4 aromatic heterocycles. The van der Waals surface area contributed by atoms with Crippen LogP contribution in [0, 0.1) is 11.8 Å². The maximum atomic E-state index is 13.0. The molecule has 5 heterocycles. The Morgan fingerprint density at radius 3 is 2.51 bits per heavy atom. The summed E-state index contributed by atoms with van der Waals surface area (Å²) in [4.78, 5) is 84.0. The number of phosphoric acid groups is 3. The van der Waals surface area contributed by atoms with Crippen molar-refractivity contribution in [1.82, 2.24) is 19.9 Å². The van der Waals surface area contributed by atoms with E-state index in [1.165, 1.54) is 10.8 Å². The molecule has 0 radical (unpaired) electrons. The Morgan fingerprint density at radius 1 is 1.06 bits per heavy atom. The van der Waals surface area contributed by atoms with E-state index in [-0.39, 0.29) is 60.7 Å². The van der Waals surface area contributed by atoms with Crippen LogP contribution in [0.2, 0.25) is 0 Å². The van der Waals surface area contributed by atoms with Crippen LogP contribution in [-0.4, -0.2) is 91.1 Å². The van der Waals surface area contributed by atoms with E-state index in [0.29, 0.717) is 42.8 Å². The highest BCUT2D eigenvalue weighted by Gasteiger charge is 2.41. The van der Waals surface area contributed by atoms with Crippen molar-refractivity contribution in [1.29, 1.82) is 0 Å². The van der Waals surface area contributed by atoms with Gasteiger partial charge in [0.25, 0.3) is 5.56 Å². The summed E-state index contributed by atoms with van der Waals surface area (Å²) in [6.45, 7) is 3.00. The Hall–Kier alpha value is -5.09. The standard InChI is InChI=1S/C39H48N7O18P3S/c1-2-45(29-11-10-27-22-31(38(49)62-32(27)23-29)26-14-19-44(20-15-26)17-7-21-68(57,58)59)18-5-3-4-9-33(47)41-16-6-8-28-24-46(36-35(28)37(48)43-39(40)42-36)34-13-12-30(61-34)25-60-66(53,54)64-67(55,56)63-65(50,51)52/h10-11,14-15,19-20,22-24,30,34H,2-5,7,9,12-13,16-18,21,25H2,1H3,(H8-,40,41,42,43,47,48,50,51,52,53,54,55,56,57,58,59)/t30-,34+/m0/s1. The first-order chi connectivity index (χ1) is 32.0. The van der Waals surface area contributed by atoms with Gasteiger partial charge in [0.2, 0.25) is 11.9 Å². The lowest BCUT2D eigenvalue weighted by Gasteiger charge is -2.23. The molecule has 0 saturated carbocycles. The number of carbonyl (C=O) groups excluding carboxylic acids is 1. The summed E-state index contributed by atoms with van der Waals surface area (Å²) in [5.74, 6) is 4.80. The van der Waals surface area contributed by atoms with Gasteiger partial charge in [0.05, 0.1) is 45.9 Å². The molecule has 1 aromatic carbocycles. The number of phosphoric ester groups is 1. The van der Waals surface area contributed by atoms with Crippen LogP contribution in [0.25, 0.3) is 33.1 Å². The number of aromatic nitrogens is 4. The third-order valence-corrected chi connectivity index (χ3v) is 14.9. The van der Waals surface area contributed by atoms with Crippen molar-refractivity contribution in [2.45, 2.75) is 70.7 Å². The first kappa shape index (κ1) is 52.3. The molecule has 0 spiro atoms. The Kier molecular flexibility index (Phi) is 17.0. The van der Waals surface area contributed by atoms with Crippen LogP contribution < -0.4 is 31.7 Å². The Balaban J connectivity index is 0.964. The van der Waals surface area contributed by atoms with Crippen LogP contribution in [0.1, 0.15) is 63.7 Å². The number of fused-ring (bicyclic) bond motifs is 2. The number of aromatic amines is 1. The Labute approximate surface area is 387 Å². The SMILES string of the molecule is CCN(CCCCCC(=O)NCC#Cc1cn([C@H]2CC[C@@H](COP(=O)(O)OP(=O)(O)OP(=O)(O)O)O2)c2nc(N)[nH]c(=O)c12)c1ccc2cc(-c3cc[n+](CCCS(=O)(=O)[O-])cc3)c(=O)oc2c1. The van der Waals surface area contributed by atoms with Crippen molar-refractivity contribution in [3.8, 4) is 23.0 Å². The van der Waals surface area contributed by atoms with Gasteiger partial charge in [0.1, 0.15) is 18.4 Å². The van der Waals surface area contributed by atoms with E-state index < -0.39 is 69.5 Å². The van der Waals surface area contributed by atoms with E-state index in [4.69, 9.17) is 24.7 Å². The number of nitrogens with one attached hydrogen (secondary N) is 2. The molecule has 25 nitrogen and oxygen atoms in total. The summed E-state index contributed by atoms with van der Waals surface area (Å²) < 4.78 is 94.3. The Bertz CT molecular complexity index is 3090. The van der Waals surface area contributed by atoms with Crippen LogP contribution in [-0.2, 0) is 53.0 Å². The van der Waals surface area contributed by atoms with Gasteiger partial charge in [-0.1, -0.05) is 18.3 Å². The zero-order valence-corrected chi connectivity index (χ0v) is 39.7. The largest absolute Gasteiger partial charge is 0.748 e. The zero-order valence-electron chi connectivity index (χ0n) is 36.2. The van der Waals surface area contributed by atoms with E-state index in [2.05, 4.69) is 45.2 Å². The van der Waals surface area contributed by atoms with Crippen molar-refractivity contribution < 1.29 is 77.9 Å². The predicted molar refractivity (Wildman–Crippen MR) is 241 cm³/mol. The van der Waals surface area contributed by atoms with Crippen molar-refractivity contribution in [2.75, 3.05) is 42.6 Å². The van der Waals surface area contributed by atoms with Crippen molar-refractivity contribution in [3.63, 3.8) is 0 Å². The highest BCUT2D eigenvalue weighted by molar-refractivity contribution is 7.85. The molecule has 8 N–H and O–H groups in total. The van der Waals surface area contributed by atoms with Crippen molar-refractivity contribution in [3.05, 3.63) is 81.3 Å². The first-order valence-corrected chi connectivity index (χ1v) is 26.9. The first-order valence-electron chi connectivity index (χ1n) is 20.8. The fourth-order valence-corrected chi connectivity index (χ4v) is 10.8. The summed E-state index contributed by atoms with van der Waals surface area (Å²) in [7, 11) is -20.9. The highest BCUT2D eigenvalue weighted by Crippen LogP contribution is 2.66. The second-order valence-electron chi connectivity index (χ2n) is 15.4. The molecule has 1 aliphatic rings. The molecular formula is C39H48N7O18P3S. The van der Waals surface area contributed by atoms with Gasteiger partial charge in [0.15, 0.2) is 18.0 Å². The number of aryl methyl sites for hydroxylation is 1. The lowest BCUT2D eigenvalue weighted by atomic mass is 10.1. The van der Waals surface area contributed by atoms with E-state index >= 15 is 0 Å². The highest BCUT2D eigenvalue weighted by atomic mass is 32.2. The average Bonchev–Trinajstić information content (AvgIpc) is 3.86. The number of ether oxygens (including phenoxy) is 1. The molecule has 29 heteroatoms. The maximum Gasteiger partial charge on any atom is 0.490 e. The maximum absolute atomic E-state index is 13.0. The number of unbranched alkanes of at least 4 members (excludes halogenated alkanes) is 2. The molecule has 1 fully saturated rings. The number of benzene rings is 1. The van der Waals surface area contributed by atoms with Crippen LogP contribution in [0.3, 0.4) is 0 Å². The molecular weight excluding hydrogens is 979 g/mol. The van der Waals surface area contributed by atoms with Gasteiger partial charge in [-0.2, -0.15) is 13.6 Å². The van der Waals surface area contributed by atoms with Gasteiger partial charge in [0, 0.05) is 72.7 Å². The summed E-state index contributed by atoms with van der Waals surface area (Å²) >= 11 is 0.